The highest BCUT2D eigenvalue weighted by Gasteiger charge is 2.02. The van der Waals surface area contributed by atoms with Crippen LogP contribution in [0.15, 0.2) is 30.9 Å². The van der Waals surface area contributed by atoms with Crippen molar-refractivity contribution in [3.63, 3.8) is 0 Å². The molecule has 4 heteroatoms. The van der Waals surface area contributed by atoms with E-state index in [0.717, 1.165) is 29.7 Å². The van der Waals surface area contributed by atoms with Gasteiger partial charge in [-0.1, -0.05) is 6.92 Å². The van der Waals surface area contributed by atoms with Crippen LogP contribution in [0, 0.1) is 0 Å². The Balaban J connectivity index is 2.27. The highest BCUT2D eigenvalue weighted by atomic mass is 15.3. The molecule has 2 N–H and O–H groups in total. The van der Waals surface area contributed by atoms with Gasteiger partial charge in [-0.15, -0.1) is 0 Å². The molecule has 0 aliphatic carbocycles. The largest absolute Gasteiger partial charge is 0.326 e. The van der Waals surface area contributed by atoms with E-state index in [1.807, 2.05) is 23.3 Å². The number of nitrogens with zero attached hydrogens (tertiary/aromatic N) is 3. The van der Waals surface area contributed by atoms with Crippen molar-refractivity contribution >= 4 is 0 Å². The Morgan fingerprint density at radius 2 is 2.12 bits per heavy atom. The summed E-state index contributed by atoms with van der Waals surface area (Å²) in [5.41, 5.74) is 8.80. The monoisotopic (exact) mass is 216 g/mol. The summed E-state index contributed by atoms with van der Waals surface area (Å²) in [5, 5.41) is 4.30. The Labute approximate surface area is 95.1 Å². The molecule has 0 radical (unpaired) electrons. The van der Waals surface area contributed by atoms with Crippen molar-refractivity contribution < 1.29 is 0 Å². The molecule has 2 heterocycles. The molecule has 0 aliphatic heterocycles. The zero-order valence-corrected chi connectivity index (χ0v) is 9.43. The first-order valence-electron chi connectivity index (χ1n) is 5.50. The van der Waals surface area contributed by atoms with Gasteiger partial charge in [0.2, 0.25) is 0 Å². The summed E-state index contributed by atoms with van der Waals surface area (Å²) in [6.07, 6.45) is 8.63. The summed E-state index contributed by atoms with van der Waals surface area (Å²) in [7, 11) is 0. The molecule has 0 fully saturated rings. The fraction of sp³-hybridized carbons (Fsp3) is 0.333. The van der Waals surface area contributed by atoms with E-state index in [1.165, 1.54) is 0 Å². The molecule has 0 saturated heterocycles. The van der Waals surface area contributed by atoms with E-state index in [0.29, 0.717) is 6.54 Å². The van der Waals surface area contributed by atoms with Crippen LogP contribution in [0.1, 0.15) is 18.9 Å². The van der Waals surface area contributed by atoms with Crippen LogP contribution in [-0.4, -0.2) is 14.8 Å². The van der Waals surface area contributed by atoms with Gasteiger partial charge < -0.3 is 5.73 Å². The number of hydrogen-bond donors (Lipinski definition) is 1. The molecule has 0 aliphatic rings. The van der Waals surface area contributed by atoms with Gasteiger partial charge in [0.25, 0.3) is 0 Å². The second-order valence-electron chi connectivity index (χ2n) is 3.78. The standard InChI is InChI=1S/C12H16N4/c1-2-3-16-9-12(8-15-16)11-4-10(5-13)6-14-7-11/h4,6-9H,2-3,5,13H2,1H3. The predicted molar refractivity (Wildman–Crippen MR) is 63.6 cm³/mol. The van der Waals surface area contributed by atoms with Crippen molar-refractivity contribution in [3.8, 4) is 11.1 Å². The number of aromatic nitrogens is 3. The Morgan fingerprint density at radius 3 is 2.88 bits per heavy atom. The van der Waals surface area contributed by atoms with Gasteiger partial charge in [0.1, 0.15) is 0 Å². The molecule has 0 atom stereocenters. The van der Waals surface area contributed by atoms with Crippen LogP contribution in [0.5, 0.6) is 0 Å². The van der Waals surface area contributed by atoms with Crippen LogP contribution >= 0.6 is 0 Å². The lowest BCUT2D eigenvalue weighted by molar-refractivity contribution is 0.603. The van der Waals surface area contributed by atoms with Crippen molar-refractivity contribution in [2.75, 3.05) is 0 Å². The number of nitrogens with two attached hydrogens (primary N) is 1. The fourth-order valence-corrected chi connectivity index (χ4v) is 1.62. The number of rotatable bonds is 4. The van der Waals surface area contributed by atoms with Crippen LogP contribution in [0.2, 0.25) is 0 Å². The molecule has 84 valence electrons. The van der Waals surface area contributed by atoms with Gasteiger partial charge in [0.05, 0.1) is 6.20 Å². The molecule has 2 rings (SSSR count). The van der Waals surface area contributed by atoms with E-state index < -0.39 is 0 Å². The van der Waals surface area contributed by atoms with Gasteiger partial charge in [-0.3, -0.25) is 9.67 Å². The maximum absolute atomic E-state index is 5.59. The van der Waals surface area contributed by atoms with Crippen molar-refractivity contribution in [1.82, 2.24) is 14.8 Å². The molecule has 16 heavy (non-hydrogen) atoms. The average molecular weight is 216 g/mol. The van der Waals surface area contributed by atoms with Gasteiger partial charge in [-0.2, -0.15) is 5.10 Å². The third kappa shape index (κ3) is 2.28. The molecule has 0 spiro atoms. The molecule has 0 saturated carbocycles. The van der Waals surface area contributed by atoms with E-state index in [9.17, 15) is 0 Å². The summed E-state index contributed by atoms with van der Waals surface area (Å²) in [6.45, 7) is 3.60. The summed E-state index contributed by atoms with van der Waals surface area (Å²) in [5.74, 6) is 0. The maximum atomic E-state index is 5.59. The highest BCUT2D eigenvalue weighted by Crippen LogP contribution is 2.18. The van der Waals surface area contributed by atoms with E-state index in [-0.39, 0.29) is 0 Å². The Bertz CT molecular complexity index is 462. The van der Waals surface area contributed by atoms with E-state index >= 15 is 0 Å². The lowest BCUT2D eigenvalue weighted by Gasteiger charge is -2.00. The zero-order valence-electron chi connectivity index (χ0n) is 9.43. The van der Waals surface area contributed by atoms with Crippen LogP contribution in [0.3, 0.4) is 0 Å². The number of pyridine rings is 1. The quantitative estimate of drug-likeness (QED) is 0.848. The van der Waals surface area contributed by atoms with E-state index in [2.05, 4.69) is 23.1 Å². The molecular weight excluding hydrogens is 200 g/mol. The Morgan fingerprint density at radius 1 is 1.25 bits per heavy atom. The molecule has 0 amide bonds. The van der Waals surface area contributed by atoms with E-state index in [4.69, 9.17) is 5.73 Å². The number of aryl methyl sites for hydroxylation is 1. The van der Waals surface area contributed by atoms with Crippen LogP contribution in [0.25, 0.3) is 11.1 Å². The summed E-state index contributed by atoms with van der Waals surface area (Å²) < 4.78 is 1.95. The van der Waals surface area contributed by atoms with Crippen molar-refractivity contribution in [3.05, 3.63) is 36.4 Å². The lowest BCUT2D eigenvalue weighted by atomic mass is 10.1. The van der Waals surface area contributed by atoms with E-state index in [1.54, 1.807) is 6.20 Å². The maximum Gasteiger partial charge on any atom is 0.0568 e. The zero-order chi connectivity index (χ0) is 11.4. The molecule has 2 aromatic heterocycles. The van der Waals surface area contributed by atoms with Crippen molar-refractivity contribution in [1.29, 1.82) is 0 Å². The first kappa shape index (κ1) is 10.8. The van der Waals surface area contributed by atoms with Gasteiger partial charge in [0, 0.05) is 42.8 Å². The van der Waals surface area contributed by atoms with Crippen LogP contribution < -0.4 is 5.73 Å². The topological polar surface area (TPSA) is 56.7 Å². The first-order valence-corrected chi connectivity index (χ1v) is 5.50. The Hall–Kier alpha value is -1.68. The fourth-order valence-electron chi connectivity index (χ4n) is 1.62. The number of hydrogen-bond acceptors (Lipinski definition) is 3. The molecule has 2 aromatic rings. The first-order chi connectivity index (χ1) is 7.83. The predicted octanol–water partition coefficient (Wildman–Crippen LogP) is 1.81. The average Bonchev–Trinajstić information content (AvgIpc) is 2.78. The smallest absolute Gasteiger partial charge is 0.0568 e. The summed E-state index contributed by atoms with van der Waals surface area (Å²) in [4.78, 5) is 4.17. The second-order valence-corrected chi connectivity index (χ2v) is 3.78. The Kier molecular flexibility index (Phi) is 3.31. The van der Waals surface area contributed by atoms with Crippen LogP contribution in [-0.2, 0) is 13.1 Å². The molecule has 0 aromatic carbocycles. The molecule has 0 unspecified atom stereocenters. The summed E-state index contributed by atoms with van der Waals surface area (Å²) >= 11 is 0. The molecule has 4 nitrogen and oxygen atoms in total. The summed E-state index contributed by atoms with van der Waals surface area (Å²) in [6, 6.07) is 2.06. The minimum Gasteiger partial charge on any atom is -0.326 e. The van der Waals surface area contributed by atoms with Crippen LogP contribution in [0.4, 0.5) is 0 Å². The lowest BCUT2D eigenvalue weighted by Crippen LogP contribution is -1.97. The normalized spacial score (nSPS) is 10.6. The highest BCUT2D eigenvalue weighted by molar-refractivity contribution is 5.61. The van der Waals surface area contributed by atoms with Gasteiger partial charge in [-0.25, -0.2) is 0 Å². The van der Waals surface area contributed by atoms with Gasteiger partial charge >= 0.3 is 0 Å². The molecule has 0 bridgehead atoms. The molecular formula is C12H16N4. The van der Waals surface area contributed by atoms with Crippen molar-refractivity contribution in [2.24, 2.45) is 5.73 Å². The van der Waals surface area contributed by atoms with Gasteiger partial charge in [0.15, 0.2) is 0 Å². The SMILES string of the molecule is CCCn1cc(-c2cncc(CN)c2)cn1. The third-order valence-electron chi connectivity index (χ3n) is 2.45. The van der Waals surface area contributed by atoms with Gasteiger partial charge in [-0.05, 0) is 18.1 Å². The third-order valence-corrected chi connectivity index (χ3v) is 2.45. The van der Waals surface area contributed by atoms with Crippen molar-refractivity contribution in [2.45, 2.75) is 26.4 Å². The minimum atomic E-state index is 0.518. The second kappa shape index (κ2) is 4.90. The minimum absolute atomic E-state index is 0.518.